The minimum Gasteiger partial charge on any atom is -0.497 e. The summed E-state index contributed by atoms with van der Waals surface area (Å²) >= 11 is 0. The van der Waals surface area contributed by atoms with Crippen LogP contribution < -0.4 is 25.1 Å². The number of amides is 1. The molecule has 2 heterocycles. The predicted octanol–water partition coefficient (Wildman–Crippen LogP) is 1.94. The van der Waals surface area contributed by atoms with Gasteiger partial charge in [-0.3, -0.25) is 9.59 Å². The highest BCUT2D eigenvalue weighted by atomic mass is 16.5. The van der Waals surface area contributed by atoms with Crippen molar-refractivity contribution >= 4 is 11.4 Å². The number of benzene rings is 2. The molecule has 1 amide bonds. The SMILES string of the molecule is COc1ccc(-c2cc3c(=O)n(CC(=O)NCCc4ccc(OC)cc4OC)ncn3n2)cc1. The van der Waals surface area contributed by atoms with Crippen molar-refractivity contribution in [3.05, 3.63) is 70.8 Å². The van der Waals surface area contributed by atoms with E-state index in [-0.39, 0.29) is 12.5 Å². The summed E-state index contributed by atoms with van der Waals surface area (Å²) in [5, 5.41) is 11.3. The third-order valence-electron chi connectivity index (χ3n) is 5.38. The number of rotatable bonds is 9. The molecule has 2 aromatic carbocycles. The zero-order valence-electron chi connectivity index (χ0n) is 19.1. The van der Waals surface area contributed by atoms with E-state index in [2.05, 4.69) is 15.5 Å². The summed E-state index contributed by atoms with van der Waals surface area (Å²) in [6.07, 6.45) is 1.98. The fourth-order valence-corrected chi connectivity index (χ4v) is 3.54. The van der Waals surface area contributed by atoms with Crippen LogP contribution in [0.15, 0.2) is 59.7 Å². The monoisotopic (exact) mass is 463 g/mol. The lowest BCUT2D eigenvalue weighted by Crippen LogP contribution is -2.35. The van der Waals surface area contributed by atoms with Crippen molar-refractivity contribution in [3.8, 4) is 28.5 Å². The van der Waals surface area contributed by atoms with E-state index in [1.54, 1.807) is 33.5 Å². The van der Waals surface area contributed by atoms with Gasteiger partial charge in [0.05, 0.1) is 27.0 Å². The maximum absolute atomic E-state index is 12.9. The number of methoxy groups -OCH3 is 3. The molecule has 1 N–H and O–H groups in total. The fraction of sp³-hybridized carbons (Fsp3) is 0.250. The lowest BCUT2D eigenvalue weighted by molar-refractivity contribution is -0.121. The molecule has 0 spiro atoms. The second-order valence-corrected chi connectivity index (χ2v) is 7.46. The van der Waals surface area contributed by atoms with E-state index in [0.29, 0.717) is 35.7 Å². The molecule has 0 aliphatic heterocycles. The highest BCUT2D eigenvalue weighted by Crippen LogP contribution is 2.24. The minimum absolute atomic E-state index is 0.196. The third kappa shape index (κ3) is 4.85. The zero-order chi connectivity index (χ0) is 24.1. The number of aromatic nitrogens is 4. The number of hydrogen-bond donors (Lipinski definition) is 1. The quantitative estimate of drug-likeness (QED) is 0.404. The van der Waals surface area contributed by atoms with Crippen LogP contribution in [-0.2, 0) is 17.8 Å². The van der Waals surface area contributed by atoms with Gasteiger partial charge in [-0.15, -0.1) is 0 Å². The van der Waals surface area contributed by atoms with E-state index in [4.69, 9.17) is 14.2 Å². The number of hydrogen-bond acceptors (Lipinski definition) is 7. The highest BCUT2D eigenvalue weighted by Gasteiger charge is 2.13. The standard InChI is InChI=1S/C24H25N5O5/c1-32-18-7-4-16(5-8-18)20-13-21-24(31)28(26-15-29(21)27-20)14-23(30)25-11-10-17-6-9-19(33-2)12-22(17)34-3/h4-9,12-13,15H,10-11,14H2,1-3H3,(H,25,30). The van der Waals surface area contributed by atoms with Crippen molar-refractivity contribution < 1.29 is 19.0 Å². The molecule has 4 aromatic rings. The zero-order valence-corrected chi connectivity index (χ0v) is 19.1. The molecule has 2 aromatic heterocycles. The first kappa shape index (κ1) is 22.8. The Kier molecular flexibility index (Phi) is 6.77. The number of carbonyl (C=O) groups excluding carboxylic acids is 1. The Hall–Kier alpha value is -4.34. The summed E-state index contributed by atoms with van der Waals surface area (Å²) in [6.45, 7) is 0.185. The van der Waals surface area contributed by atoms with Crippen LogP contribution in [0.2, 0.25) is 0 Å². The van der Waals surface area contributed by atoms with Gasteiger partial charge in [-0.2, -0.15) is 10.2 Å². The predicted molar refractivity (Wildman–Crippen MR) is 125 cm³/mol. The maximum atomic E-state index is 12.9. The Morgan fingerprint density at radius 1 is 0.971 bits per heavy atom. The molecule has 0 saturated heterocycles. The molecular formula is C24H25N5O5. The van der Waals surface area contributed by atoms with Crippen LogP contribution in [0.1, 0.15) is 5.56 Å². The molecule has 0 fully saturated rings. The van der Waals surface area contributed by atoms with Gasteiger partial charge in [-0.25, -0.2) is 9.20 Å². The van der Waals surface area contributed by atoms with Gasteiger partial charge < -0.3 is 19.5 Å². The van der Waals surface area contributed by atoms with Crippen molar-refractivity contribution in [2.75, 3.05) is 27.9 Å². The van der Waals surface area contributed by atoms with Gasteiger partial charge in [0.25, 0.3) is 5.56 Å². The average Bonchev–Trinajstić information content (AvgIpc) is 3.31. The van der Waals surface area contributed by atoms with Gasteiger partial charge in [-0.05, 0) is 48.4 Å². The maximum Gasteiger partial charge on any atom is 0.293 e. The summed E-state index contributed by atoms with van der Waals surface area (Å²) in [5.41, 5.74) is 2.32. The minimum atomic E-state index is -0.401. The molecule has 4 rings (SSSR count). The summed E-state index contributed by atoms with van der Waals surface area (Å²) in [6, 6.07) is 14.6. The molecule has 10 heteroatoms. The van der Waals surface area contributed by atoms with Crippen molar-refractivity contribution in [2.24, 2.45) is 0 Å². The van der Waals surface area contributed by atoms with Crippen LogP contribution in [0.4, 0.5) is 0 Å². The summed E-state index contributed by atoms with van der Waals surface area (Å²) in [4.78, 5) is 25.3. The molecule has 0 radical (unpaired) electrons. The summed E-state index contributed by atoms with van der Waals surface area (Å²) < 4.78 is 18.3. The van der Waals surface area contributed by atoms with Crippen LogP contribution in [0.5, 0.6) is 17.2 Å². The van der Waals surface area contributed by atoms with Crippen LogP contribution in [0.3, 0.4) is 0 Å². The number of nitrogens with zero attached hydrogens (tertiary/aromatic N) is 4. The molecule has 0 aliphatic rings. The number of nitrogens with one attached hydrogen (secondary N) is 1. The average molecular weight is 463 g/mol. The molecule has 0 atom stereocenters. The van der Waals surface area contributed by atoms with Crippen molar-refractivity contribution in [1.29, 1.82) is 0 Å². The molecule has 0 unspecified atom stereocenters. The first-order valence-electron chi connectivity index (χ1n) is 10.6. The molecule has 0 bridgehead atoms. The van der Waals surface area contributed by atoms with E-state index < -0.39 is 5.56 Å². The Balaban J connectivity index is 1.42. The van der Waals surface area contributed by atoms with Gasteiger partial charge >= 0.3 is 0 Å². The van der Waals surface area contributed by atoms with Crippen molar-refractivity contribution in [2.45, 2.75) is 13.0 Å². The normalized spacial score (nSPS) is 10.8. The Bertz CT molecular complexity index is 1360. The van der Waals surface area contributed by atoms with Gasteiger partial charge in [0.2, 0.25) is 5.91 Å². The van der Waals surface area contributed by atoms with Gasteiger partial charge in [0.15, 0.2) is 0 Å². The first-order valence-corrected chi connectivity index (χ1v) is 10.6. The van der Waals surface area contributed by atoms with Crippen LogP contribution >= 0.6 is 0 Å². The molecule has 0 aliphatic carbocycles. The van der Waals surface area contributed by atoms with E-state index in [1.165, 1.54) is 10.8 Å². The molecule has 0 saturated carbocycles. The summed E-state index contributed by atoms with van der Waals surface area (Å²) in [7, 11) is 4.77. The Morgan fingerprint density at radius 2 is 1.71 bits per heavy atom. The smallest absolute Gasteiger partial charge is 0.293 e. The Morgan fingerprint density at radius 3 is 2.41 bits per heavy atom. The second-order valence-electron chi connectivity index (χ2n) is 7.46. The van der Waals surface area contributed by atoms with Crippen LogP contribution in [0.25, 0.3) is 16.8 Å². The first-order chi connectivity index (χ1) is 16.5. The van der Waals surface area contributed by atoms with Crippen molar-refractivity contribution in [1.82, 2.24) is 24.7 Å². The van der Waals surface area contributed by atoms with Crippen molar-refractivity contribution in [3.63, 3.8) is 0 Å². The molecular weight excluding hydrogens is 438 g/mol. The van der Waals surface area contributed by atoms with E-state index >= 15 is 0 Å². The Labute approximate surface area is 195 Å². The number of carbonyl (C=O) groups is 1. The second kappa shape index (κ2) is 10.1. The molecule has 10 nitrogen and oxygen atoms in total. The fourth-order valence-electron chi connectivity index (χ4n) is 3.54. The lowest BCUT2D eigenvalue weighted by atomic mass is 10.1. The van der Waals surface area contributed by atoms with Gasteiger partial charge in [0, 0.05) is 18.2 Å². The summed E-state index contributed by atoms with van der Waals surface area (Å²) in [5.74, 6) is 1.79. The molecule has 176 valence electrons. The molecule has 34 heavy (non-hydrogen) atoms. The third-order valence-corrected chi connectivity index (χ3v) is 5.38. The van der Waals surface area contributed by atoms with E-state index in [1.807, 2.05) is 36.4 Å². The van der Waals surface area contributed by atoms with E-state index in [0.717, 1.165) is 21.6 Å². The largest absolute Gasteiger partial charge is 0.497 e. The number of fused-ring (bicyclic) bond motifs is 1. The number of ether oxygens (including phenoxy) is 3. The van der Waals surface area contributed by atoms with Crippen LogP contribution in [0, 0.1) is 0 Å². The topological polar surface area (TPSA) is 109 Å². The van der Waals surface area contributed by atoms with Crippen LogP contribution in [-0.4, -0.2) is 53.2 Å². The van der Waals surface area contributed by atoms with E-state index in [9.17, 15) is 9.59 Å². The van der Waals surface area contributed by atoms with Gasteiger partial charge in [-0.1, -0.05) is 6.07 Å². The highest BCUT2D eigenvalue weighted by molar-refractivity contribution is 5.75. The lowest BCUT2D eigenvalue weighted by Gasteiger charge is -2.11. The van der Waals surface area contributed by atoms with Gasteiger partial charge in [0.1, 0.15) is 35.6 Å².